The molecule has 0 saturated heterocycles. The van der Waals surface area contributed by atoms with E-state index in [2.05, 4.69) is 53.1 Å². The molecule has 0 saturated carbocycles. The molecule has 0 bridgehead atoms. The number of nitrogens with one attached hydrogen (secondary N) is 2. The monoisotopic (exact) mass is 362 g/mol. The minimum Gasteiger partial charge on any atom is -0.477 e. The Hall–Kier alpha value is -2.22. The van der Waals surface area contributed by atoms with Gasteiger partial charge in [-0.2, -0.15) is 9.97 Å². The van der Waals surface area contributed by atoms with Crippen molar-refractivity contribution < 1.29 is 4.74 Å². The maximum absolute atomic E-state index is 5.66. The van der Waals surface area contributed by atoms with E-state index in [4.69, 9.17) is 4.74 Å². The first-order valence-electron chi connectivity index (χ1n) is 6.95. The summed E-state index contributed by atoms with van der Waals surface area (Å²) in [6, 6.07) is 0. The number of anilines is 2. The zero-order valence-corrected chi connectivity index (χ0v) is 13.8. The standard InChI is InChI=1S/C14H15BrN6O/c1-3-9-11(15)10-12(19-9)20-14(21-13(10)22-4-2)18-8-5-16-7-17-6-8/h5-7H,3-4H2,1-2H3,(H2,18,19,20,21). The molecule has 0 aromatic carbocycles. The second kappa shape index (κ2) is 6.27. The number of aromatic amines is 1. The summed E-state index contributed by atoms with van der Waals surface area (Å²) < 4.78 is 6.61. The number of nitrogens with zero attached hydrogens (tertiary/aromatic N) is 4. The van der Waals surface area contributed by atoms with Gasteiger partial charge in [0.25, 0.3) is 0 Å². The van der Waals surface area contributed by atoms with Gasteiger partial charge in [0.15, 0.2) is 0 Å². The third-order valence-electron chi connectivity index (χ3n) is 3.08. The van der Waals surface area contributed by atoms with Crippen LogP contribution in [0.4, 0.5) is 11.6 Å². The van der Waals surface area contributed by atoms with Gasteiger partial charge < -0.3 is 15.0 Å². The first-order valence-corrected chi connectivity index (χ1v) is 7.75. The van der Waals surface area contributed by atoms with E-state index in [1.165, 1.54) is 6.33 Å². The Balaban J connectivity index is 2.08. The lowest BCUT2D eigenvalue weighted by atomic mass is 10.3. The topological polar surface area (TPSA) is 88.6 Å². The predicted molar refractivity (Wildman–Crippen MR) is 87.5 cm³/mol. The summed E-state index contributed by atoms with van der Waals surface area (Å²) in [5, 5.41) is 3.93. The van der Waals surface area contributed by atoms with Crippen molar-refractivity contribution in [3.8, 4) is 5.88 Å². The fourth-order valence-corrected chi connectivity index (χ4v) is 2.85. The summed E-state index contributed by atoms with van der Waals surface area (Å²) >= 11 is 3.59. The molecule has 0 amide bonds. The van der Waals surface area contributed by atoms with E-state index < -0.39 is 0 Å². The predicted octanol–water partition coefficient (Wildman–Crippen LogP) is 3.22. The summed E-state index contributed by atoms with van der Waals surface area (Å²) in [4.78, 5) is 20.1. The molecule has 8 heteroatoms. The van der Waals surface area contributed by atoms with Gasteiger partial charge in [-0.3, -0.25) is 0 Å². The van der Waals surface area contributed by atoms with Crippen LogP contribution in [-0.4, -0.2) is 31.5 Å². The zero-order chi connectivity index (χ0) is 15.5. The summed E-state index contributed by atoms with van der Waals surface area (Å²) in [6.45, 7) is 4.52. The molecule has 7 nitrogen and oxygen atoms in total. The molecular weight excluding hydrogens is 348 g/mol. The quantitative estimate of drug-likeness (QED) is 0.724. The minimum atomic E-state index is 0.433. The fourth-order valence-electron chi connectivity index (χ4n) is 2.11. The van der Waals surface area contributed by atoms with Gasteiger partial charge in [0.2, 0.25) is 11.8 Å². The number of ether oxygens (including phenoxy) is 1. The Morgan fingerprint density at radius 3 is 2.68 bits per heavy atom. The number of aryl methyl sites for hydroxylation is 1. The van der Waals surface area contributed by atoms with Gasteiger partial charge in [0.1, 0.15) is 12.0 Å². The highest BCUT2D eigenvalue weighted by Crippen LogP contribution is 2.34. The molecule has 0 unspecified atom stereocenters. The summed E-state index contributed by atoms with van der Waals surface area (Å²) in [5.74, 6) is 0.969. The van der Waals surface area contributed by atoms with Gasteiger partial charge in [0, 0.05) is 5.69 Å². The summed E-state index contributed by atoms with van der Waals surface area (Å²) in [6.07, 6.45) is 5.64. The third kappa shape index (κ3) is 2.74. The minimum absolute atomic E-state index is 0.433. The number of rotatable bonds is 5. The van der Waals surface area contributed by atoms with Crippen molar-refractivity contribution in [3.63, 3.8) is 0 Å². The second-order valence-corrected chi connectivity index (χ2v) is 5.33. The van der Waals surface area contributed by atoms with Crippen LogP contribution in [0.25, 0.3) is 11.0 Å². The Bertz CT molecular complexity index is 789. The molecule has 3 aromatic heterocycles. The number of hydrogen-bond donors (Lipinski definition) is 2. The highest BCUT2D eigenvalue weighted by Gasteiger charge is 2.17. The molecule has 2 N–H and O–H groups in total. The van der Waals surface area contributed by atoms with Gasteiger partial charge >= 0.3 is 0 Å². The molecule has 0 aliphatic carbocycles. The maximum atomic E-state index is 5.66. The first-order chi connectivity index (χ1) is 10.7. The number of fused-ring (bicyclic) bond motifs is 1. The molecule has 0 aliphatic rings. The van der Waals surface area contributed by atoms with E-state index in [1.807, 2.05) is 6.92 Å². The van der Waals surface area contributed by atoms with E-state index in [0.29, 0.717) is 24.1 Å². The second-order valence-electron chi connectivity index (χ2n) is 4.53. The lowest BCUT2D eigenvalue weighted by molar-refractivity contribution is 0.331. The van der Waals surface area contributed by atoms with Gasteiger partial charge in [-0.05, 0) is 29.3 Å². The summed E-state index contributed by atoms with van der Waals surface area (Å²) in [5.41, 5.74) is 2.50. The van der Waals surface area contributed by atoms with Crippen LogP contribution in [0.15, 0.2) is 23.2 Å². The largest absolute Gasteiger partial charge is 0.477 e. The molecule has 0 aliphatic heterocycles. The molecule has 3 rings (SSSR count). The van der Waals surface area contributed by atoms with Gasteiger partial charge in [0.05, 0.1) is 34.5 Å². The first kappa shape index (κ1) is 14.7. The van der Waals surface area contributed by atoms with E-state index in [1.54, 1.807) is 12.4 Å². The van der Waals surface area contributed by atoms with Crippen LogP contribution in [0.3, 0.4) is 0 Å². The molecule has 0 fully saturated rings. The molecule has 114 valence electrons. The number of halogens is 1. The normalized spacial score (nSPS) is 10.9. The number of H-pyrrole nitrogens is 1. The van der Waals surface area contributed by atoms with Crippen molar-refractivity contribution in [1.82, 2.24) is 24.9 Å². The van der Waals surface area contributed by atoms with Gasteiger partial charge in [-0.1, -0.05) is 6.92 Å². The van der Waals surface area contributed by atoms with Crippen molar-refractivity contribution in [3.05, 3.63) is 28.9 Å². The smallest absolute Gasteiger partial charge is 0.232 e. The van der Waals surface area contributed by atoms with Crippen LogP contribution in [-0.2, 0) is 6.42 Å². The molecule has 3 aromatic rings. The third-order valence-corrected chi connectivity index (χ3v) is 3.96. The fraction of sp³-hybridized carbons (Fsp3) is 0.286. The highest BCUT2D eigenvalue weighted by molar-refractivity contribution is 9.10. The van der Waals surface area contributed by atoms with Crippen molar-refractivity contribution >= 4 is 38.6 Å². The Morgan fingerprint density at radius 1 is 1.23 bits per heavy atom. The van der Waals surface area contributed by atoms with E-state index in [-0.39, 0.29) is 0 Å². The Morgan fingerprint density at radius 2 is 2.00 bits per heavy atom. The van der Waals surface area contributed by atoms with Crippen LogP contribution >= 0.6 is 15.9 Å². The SMILES string of the molecule is CCOc1nc(Nc2cncnc2)nc2[nH]c(CC)c(Br)c12. The Labute approximate surface area is 135 Å². The zero-order valence-electron chi connectivity index (χ0n) is 12.2. The van der Waals surface area contributed by atoms with Crippen LogP contribution in [0, 0.1) is 0 Å². The van der Waals surface area contributed by atoms with Crippen LogP contribution in [0.1, 0.15) is 19.5 Å². The molecule has 0 radical (unpaired) electrons. The maximum Gasteiger partial charge on any atom is 0.232 e. The van der Waals surface area contributed by atoms with E-state index in [9.17, 15) is 0 Å². The van der Waals surface area contributed by atoms with Crippen LogP contribution in [0.5, 0.6) is 5.88 Å². The van der Waals surface area contributed by atoms with Gasteiger partial charge in [-0.25, -0.2) is 9.97 Å². The van der Waals surface area contributed by atoms with E-state index >= 15 is 0 Å². The van der Waals surface area contributed by atoms with Crippen molar-refractivity contribution in [1.29, 1.82) is 0 Å². The highest BCUT2D eigenvalue weighted by atomic mass is 79.9. The van der Waals surface area contributed by atoms with Crippen LogP contribution in [0.2, 0.25) is 0 Å². The molecule has 0 spiro atoms. The molecule has 22 heavy (non-hydrogen) atoms. The number of hydrogen-bond acceptors (Lipinski definition) is 6. The number of aromatic nitrogens is 5. The lowest BCUT2D eigenvalue weighted by Gasteiger charge is -2.08. The lowest BCUT2D eigenvalue weighted by Crippen LogP contribution is -2.02. The molecule has 3 heterocycles. The average molecular weight is 363 g/mol. The Kier molecular flexibility index (Phi) is 4.19. The van der Waals surface area contributed by atoms with E-state index in [0.717, 1.165) is 27.6 Å². The van der Waals surface area contributed by atoms with Gasteiger partial charge in [-0.15, -0.1) is 0 Å². The van der Waals surface area contributed by atoms with Crippen molar-refractivity contribution in [2.75, 3.05) is 11.9 Å². The molecule has 0 atom stereocenters. The van der Waals surface area contributed by atoms with Crippen LogP contribution < -0.4 is 10.1 Å². The summed E-state index contributed by atoms with van der Waals surface area (Å²) in [7, 11) is 0. The average Bonchev–Trinajstić information content (AvgIpc) is 2.85. The molecular formula is C14H15BrN6O. The van der Waals surface area contributed by atoms with Crippen molar-refractivity contribution in [2.45, 2.75) is 20.3 Å². The van der Waals surface area contributed by atoms with Crippen molar-refractivity contribution in [2.24, 2.45) is 0 Å².